The molecule has 26 heavy (non-hydrogen) atoms. The Bertz CT molecular complexity index is 1010. The van der Waals surface area contributed by atoms with Crippen molar-refractivity contribution in [2.75, 3.05) is 26.3 Å². The number of morpholine rings is 1. The van der Waals surface area contributed by atoms with Gasteiger partial charge >= 0.3 is 0 Å². The number of fused-ring (bicyclic) bond motifs is 1. The maximum Gasteiger partial charge on any atom is 0.208 e. The van der Waals surface area contributed by atoms with Crippen molar-refractivity contribution in [3.05, 3.63) is 66.4 Å². The van der Waals surface area contributed by atoms with Gasteiger partial charge in [0.25, 0.3) is 0 Å². The molecule has 0 bridgehead atoms. The molecule has 1 saturated heterocycles. The molecule has 0 amide bonds. The summed E-state index contributed by atoms with van der Waals surface area (Å²) in [5.41, 5.74) is 1.96. The van der Waals surface area contributed by atoms with Crippen LogP contribution in [0.2, 0.25) is 0 Å². The van der Waals surface area contributed by atoms with Gasteiger partial charge in [-0.1, -0.05) is 36.4 Å². The highest BCUT2D eigenvalue weighted by Crippen LogP contribution is 2.25. The maximum absolute atomic E-state index is 12.8. The fraction of sp³-hybridized carbons (Fsp3) is 0.250. The lowest BCUT2D eigenvalue weighted by molar-refractivity contribution is 0.0343. The predicted octanol–water partition coefficient (Wildman–Crippen LogP) is 2.90. The standard InChI is InChI=1S/C20H20N2O3S/c23-26(24,18-7-2-1-3-8-18)19-13-16-5-4-6-17(20(16)21-14-19)15-22-9-11-25-12-10-22/h1-8,13-14H,9-12,15H2. The van der Waals surface area contributed by atoms with Crippen LogP contribution in [-0.4, -0.2) is 44.6 Å². The minimum atomic E-state index is -3.56. The van der Waals surface area contributed by atoms with Crippen molar-refractivity contribution in [3.63, 3.8) is 0 Å². The summed E-state index contributed by atoms with van der Waals surface area (Å²) in [6.07, 6.45) is 1.47. The Morgan fingerprint density at radius 2 is 1.73 bits per heavy atom. The SMILES string of the molecule is O=S(=O)(c1ccccc1)c1cnc2c(CN3CCOCC3)cccc2c1. The molecule has 0 unspecified atom stereocenters. The second kappa shape index (κ2) is 7.15. The fourth-order valence-corrected chi connectivity index (χ4v) is 4.48. The summed E-state index contributed by atoms with van der Waals surface area (Å²) in [5.74, 6) is 0. The van der Waals surface area contributed by atoms with E-state index in [4.69, 9.17) is 4.74 Å². The van der Waals surface area contributed by atoms with E-state index in [1.165, 1.54) is 6.20 Å². The second-order valence-electron chi connectivity index (χ2n) is 6.36. The number of aromatic nitrogens is 1. The van der Waals surface area contributed by atoms with Crippen LogP contribution >= 0.6 is 0 Å². The maximum atomic E-state index is 12.8. The van der Waals surface area contributed by atoms with Crippen LogP contribution < -0.4 is 0 Å². The zero-order valence-electron chi connectivity index (χ0n) is 14.3. The summed E-state index contributed by atoms with van der Waals surface area (Å²) in [5, 5.41) is 0.841. The van der Waals surface area contributed by atoms with Crippen LogP contribution in [0.3, 0.4) is 0 Å². The Kier molecular flexibility index (Phi) is 4.72. The van der Waals surface area contributed by atoms with Crippen molar-refractivity contribution >= 4 is 20.7 Å². The lowest BCUT2D eigenvalue weighted by Gasteiger charge is -2.26. The minimum Gasteiger partial charge on any atom is -0.379 e. The van der Waals surface area contributed by atoms with E-state index >= 15 is 0 Å². The molecule has 134 valence electrons. The van der Waals surface area contributed by atoms with Crippen molar-refractivity contribution < 1.29 is 13.2 Å². The van der Waals surface area contributed by atoms with E-state index in [9.17, 15) is 8.42 Å². The molecule has 0 saturated carbocycles. The molecule has 3 aromatic rings. The molecular formula is C20H20N2O3S. The predicted molar refractivity (Wildman–Crippen MR) is 99.7 cm³/mol. The molecule has 4 rings (SSSR count). The first-order chi connectivity index (χ1) is 12.6. The average Bonchev–Trinajstić information content (AvgIpc) is 2.69. The van der Waals surface area contributed by atoms with Gasteiger partial charge in [-0.2, -0.15) is 0 Å². The number of nitrogens with zero attached hydrogens (tertiary/aromatic N) is 2. The third-order valence-electron chi connectivity index (χ3n) is 4.63. The number of sulfone groups is 1. The summed E-state index contributed by atoms with van der Waals surface area (Å²) >= 11 is 0. The smallest absolute Gasteiger partial charge is 0.208 e. The van der Waals surface area contributed by atoms with Gasteiger partial charge < -0.3 is 4.74 Å². The molecule has 0 radical (unpaired) electrons. The number of hydrogen-bond donors (Lipinski definition) is 0. The Morgan fingerprint density at radius 1 is 0.962 bits per heavy atom. The van der Waals surface area contributed by atoms with E-state index in [-0.39, 0.29) is 9.79 Å². The highest BCUT2D eigenvalue weighted by Gasteiger charge is 2.19. The van der Waals surface area contributed by atoms with Gasteiger partial charge in [0.15, 0.2) is 0 Å². The van der Waals surface area contributed by atoms with E-state index in [2.05, 4.69) is 16.0 Å². The van der Waals surface area contributed by atoms with Crippen LogP contribution in [0, 0.1) is 0 Å². The molecule has 0 N–H and O–H groups in total. The molecule has 1 aliphatic heterocycles. The highest BCUT2D eigenvalue weighted by molar-refractivity contribution is 7.91. The summed E-state index contributed by atoms with van der Waals surface area (Å²) in [6.45, 7) is 4.08. The lowest BCUT2D eigenvalue weighted by Crippen LogP contribution is -2.35. The van der Waals surface area contributed by atoms with Crippen molar-refractivity contribution in [1.29, 1.82) is 0 Å². The molecule has 2 aromatic carbocycles. The van der Waals surface area contributed by atoms with Crippen molar-refractivity contribution in [2.45, 2.75) is 16.3 Å². The Balaban J connectivity index is 1.70. The molecule has 6 heteroatoms. The van der Waals surface area contributed by atoms with Crippen LogP contribution in [0.15, 0.2) is 70.6 Å². The first-order valence-electron chi connectivity index (χ1n) is 8.62. The molecule has 5 nitrogen and oxygen atoms in total. The number of rotatable bonds is 4. The molecule has 0 spiro atoms. The number of ether oxygens (including phenoxy) is 1. The fourth-order valence-electron chi connectivity index (χ4n) is 3.21. The van der Waals surface area contributed by atoms with Crippen LogP contribution in [0.1, 0.15) is 5.56 Å². The van der Waals surface area contributed by atoms with Crippen LogP contribution in [0.5, 0.6) is 0 Å². The molecular weight excluding hydrogens is 348 g/mol. The van der Waals surface area contributed by atoms with Crippen molar-refractivity contribution in [3.8, 4) is 0 Å². The van der Waals surface area contributed by atoms with Crippen molar-refractivity contribution in [1.82, 2.24) is 9.88 Å². The number of hydrogen-bond acceptors (Lipinski definition) is 5. The van der Waals surface area contributed by atoms with Crippen LogP contribution in [0.4, 0.5) is 0 Å². The van der Waals surface area contributed by atoms with Gasteiger partial charge in [-0.05, 0) is 23.8 Å². The number of benzene rings is 2. The first kappa shape index (κ1) is 17.1. The van der Waals surface area contributed by atoms with Crippen molar-refractivity contribution in [2.24, 2.45) is 0 Å². The Labute approximate surface area is 153 Å². The highest BCUT2D eigenvalue weighted by atomic mass is 32.2. The molecule has 0 atom stereocenters. The largest absolute Gasteiger partial charge is 0.379 e. The Morgan fingerprint density at radius 3 is 2.50 bits per heavy atom. The van der Waals surface area contributed by atoms with Gasteiger partial charge in [0.05, 0.1) is 28.5 Å². The zero-order chi connectivity index (χ0) is 18.0. The van der Waals surface area contributed by atoms with Gasteiger partial charge in [-0.3, -0.25) is 9.88 Å². The van der Waals surface area contributed by atoms with E-state index in [0.29, 0.717) is 0 Å². The molecule has 1 aromatic heterocycles. The Hall–Kier alpha value is -2.28. The number of pyridine rings is 1. The van der Waals surface area contributed by atoms with Gasteiger partial charge in [0, 0.05) is 31.2 Å². The van der Waals surface area contributed by atoms with Gasteiger partial charge in [0.1, 0.15) is 0 Å². The zero-order valence-corrected chi connectivity index (χ0v) is 15.2. The monoisotopic (exact) mass is 368 g/mol. The van der Waals surface area contributed by atoms with Gasteiger partial charge in [-0.25, -0.2) is 8.42 Å². The summed E-state index contributed by atoms with van der Waals surface area (Å²) in [4.78, 5) is 7.33. The first-order valence-corrected chi connectivity index (χ1v) is 10.1. The van der Waals surface area contributed by atoms with E-state index in [1.54, 1.807) is 36.4 Å². The normalized spacial score (nSPS) is 16.0. The van der Waals surface area contributed by atoms with E-state index in [0.717, 1.165) is 49.3 Å². The molecule has 1 fully saturated rings. The molecule has 2 heterocycles. The summed E-state index contributed by atoms with van der Waals surface area (Å²) in [7, 11) is -3.56. The van der Waals surface area contributed by atoms with Crippen LogP contribution in [0.25, 0.3) is 10.9 Å². The third-order valence-corrected chi connectivity index (χ3v) is 6.37. The van der Waals surface area contributed by atoms with Crippen LogP contribution in [-0.2, 0) is 21.1 Å². The van der Waals surface area contributed by atoms with E-state index in [1.807, 2.05) is 12.1 Å². The molecule has 1 aliphatic rings. The topological polar surface area (TPSA) is 59.5 Å². The number of para-hydroxylation sites is 1. The average molecular weight is 368 g/mol. The quantitative estimate of drug-likeness (QED) is 0.709. The summed E-state index contributed by atoms with van der Waals surface area (Å²) < 4.78 is 31.0. The summed E-state index contributed by atoms with van der Waals surface area (Å²) in [6, 6.07) is 16.1. The van der Waals surface area contributed by atoms with E-state index < -0.39 is 9.84 Å². The molecule has 0 aliphatic carbocycles. The third kappa shape index (κ3) is 3.35. The minimum absolute atomic E-state index is 0.222. The second-order valence-corrected chi connectivity index (χ2v) is 8.31. The van der Waals surface area contributed by atoms with Gasteiger partial charge in [0.2, 0.25) is 9.84 Å². The lowest BCUT2D eigenvalue weighted by atomic mass is 10.1. The van der Waals surface area contributed by atoms with Gasteiger partial charge in [-0.15, -0.1) is 0 Å².